The van der Waals surface area contributed by atoms with Gasteiger partial charge in [-0.05, 0) is 31.4 Å². The molecule has 1 atom stereocenters. The molecule has 7 heteroatoms. The van der Waals surface area contributed by atoms with Gasteiger partial charge in [0.1, 0.15) is 4.34 Å². The Balaban J connectivity index is 1.57. The van der Waals surface area contributed by atoms with Gasteiger partial charge in [0.05, 0.1) is 18.4 Å². The minimum absolute atomic E-state index is 0.226. The predicted octanol–water partition coefficient (Wildman–Crippen LogP) is 3.47. The molecule has 3 heterocycles. The maximum absolute atomic E-state index is 12.8. The van der Waals surface area contributed by atoms with Crippen LogP contribution in [0.25, 0.3) is 0 Å². The van der Waals surface area contributed by atoms with Gasteiger partial charge in [0.2, 0.25) is 5.91 Å². The van der Waals surface area contributed by atoms with Crippen molar-refractivity contribution < 1.29 is 4.79 Å². The van der Waals surface area contributed by atoms with E-state index in [1.165, 1.54) is 6.42 Å². The third-order valence-electron chi connectivity index (χ3n) is 4.36. The highest BCUT2D eigenvalue weighted by atomic mass is 32.2. The first kappa shape index (κ1) is 17.5. The lowest BCUT2D eigenvalue weighted by Crippen LogP contribution is -2.44. The van der Waals surface area contributed by atoms with Gasteiger partial charge < -0.3 is 9.47 Å². The molecule has 1 saturated heterocycles. The first-order valence-corrected chi connectivity index (χ1v) is 10.4. The van der Waals surface area contributed by atoms with Crippen molar-refractivity contribution in [2.75, 3.05) is 12.3 Å². The van der Waals surface area contributed by atoms with Gasteiger partial charge in [0, 0.05) is 36.9 Å². The van der Waals surface area contributed by atoms with E-state index < -0.39 is 0 Å². The summed E-state index contributed by atoms with van der Waals surface area (Å²) in [5.74, 6) is 1.24. The molecule has 2 aromatic heterocycles. The number of rotatable bonds is 7. The van der Waals surface area contributed by atoms with Crippen LogP contribution in [0.3, 0.4) is 0 Å². The highest BCUT2D eigenvalue weighted by Gasteiger charge is 2.26. The smallest absolute Gasteiger partial charge is 0.228 e. The number of nitrogens with zero attached hydrogens (tertiary/aromatic N) is 4. The van der Waals surface area contributed by atoms with Gasteiger partial charge in [-0.1, -0.05) is 18.7 Å². The van der Waals surface area contributed by atoms with Crippen molar-refractivity contribution in [3.05, 3.63) is 29.8 Å². The summed E-state index contributed by atoms with van der Waals surface area (Å²) in [6.07, 6.45) is 10.5. The lowest BCUT2D eigenvalue weighted by molar-refractivity contribution is -0.134. The van der Waals surface area contributed by atoms with E-state index in [4.69, 9.17) is 0 Å². The van der Waals surface area contributed by atoms with Crippen molar-refractivity contribution in [1.29, 1.82) is 0 Å². The molecule has 0 aromatic carbocycles. The number of carbonyl (C=O) groups excluding carboxylic acids is 1. The number of carbonyl (C=O) groups is 1. The Morgan fingerprint density at radius 3 is 3.17 bits per heavy atom. The molecule has 1 fully saturated rings. The van der Waals surface area contributed by atoms with E-state index in [1.54, 1.807) is 29.3 Å². The number of imidazole rings is 1. The Kier molecular flexibility index (Phi) is 6.31. The maximum Gasteiger partial charge on any atom is 0.228 e. The summed E-state index contributed by atoms with van der Waals surface area (Å²) >= 11 is 3.38. The summed E-state index contributed by atoms with van der Waals surface area (Å²) in [6.45, 7) is 3.92. The molecular weight excluding hydrogens is 340 g/mol. The van der Waals surface area contributed by atoms with E-state index in [-0.39, 0.29) is 5.91 Å². The van der Waals surface area contributed by atoms with Crippen LogP contribution < -0.4 is 0 Å². The van der Waals surface area contributed by atoms with Crippen LogP contribution in [0.2, 0.25) is 0 Å². The molecule has 0 N–H and O–H groups in total. The van der Waals surface area contributed by atoms with Gasteiger partial charge in [0.15, 0.2) is 0 Å². The SMILES string of the molecule is CCSc1nc(CC(=O)N2CCCC[C@H]2CCn2ccnc2)cs1. The molecule has 0 unspecified atom stereocenters. The number of amides is 1. The Labute approximate surface area is 151 Å². The number of hydrogen-bond donors (Lipinski definition) is 0. The van der Waals surface area contributed by atoms with Crippen molar-refractivity contribution in [3.8, 4) is 0 Å². The topological polar surface area (TPSA) is 51.0 Å². The third kappa shape index (κ3) is 4.60. The van der Waals surface area contributed by atoms with Crippen LogP contribution >= 0.6 is 23.1 Å². The molecule has 0 aliphatic carbocycles. The molecule has 2 aromatic rings. The van der Waals surface area contributed by atoms with E-state index in [0.717, 1.165) is 48.1 Å². The van der Waals surface area contributed by atoms with Crippen LogP contribution in [-0.2, 0) is 17.8 Å². The van der Waals surface area contributed by atoms with Crippen LogP contribution in [0, 0.1) is 0 Å². The van der Waals surface area contributed by atoms with Gasteiger partial charge in [-0.15, -0.1) is 11.3 Å². The van der Waals surface area contributed by atoms with Gasteiger partial charge >= 0.3 is 0 Å². The number of hydrogen-bond acceptors (Lipinski definition) is 5. The second-order valence-corrected chi connectivity index (χ2v) is 8.41. The predicted molar refractivity (Wildman–Crippen MR) is 98.4 cm³/mol. The Morgan fingerprint density at radius 1 is 1.46 bits per heavy atom. The second-order valence-electron chi connectivity index (χ2n) is 6.04. The first-order valence-electron chi connectivity index (χ1n) is 8.58. The molecule has 0 radical (unpaired) electrons. The highest BCUT2D eigenvalue weighted by molar-refractivity contribution is 8.00. The second kappa shape index (κ2) is 8.67. The zero-order chi connectivity index (χ0) is 16.8. The summed E-state index contributed by atoms with van der Waals surface area (Å²) in [5.41, 5.74) is 0.917. The minimum atomic E-state index is 0.226. The normalized spacial score (nSPS) is 18.0. The van der Waals surface area contributed by atoms with Crippen molar-refractivity contribution in [1.82, 2.24) is 19.4 Å². The average molecular weight is 365 g/mol. The molecule has 5 nitrogen and oxygen atoms in total. The molecule has 3 rings (SSSR count). The summed E-state index contributed by atoms with van der Waals surface area (Å²) in [7, 11) is 0. The van der Waals surface area contributed by atoms with Crippen molar-refractivity contribution in [3.63, 3.8) is 0 Å². The van der Waals surface area contributed by atoms with E-state index >= 15 is 0 Å². The van der Waals surface area contributed by atoms with E-state index in [9.17, 15) is 4.79 Å². The van der Waals surface area contributed by atoms with Crippen molar-refractivity contribution in [2.45, 2.75) is 56.0 Å². The molecule has 1 aliphatic rings. The van der Waals surface area contributed by atoms with Gasteiger partial charge in [0.25, 0.3) is 0 Å². The highest BCUT2D eigenvalue weighted by Crippen LogP contribution is 2.24. The van der Waals surface area contributed by atoms with Gasteiger partial charge in [-0.25, -0.2) is 9.97 Å². The summed E-state index contributed by atoms with van der Waals surface area (Å²) in [4.78, 5) is 23.5. The molecule has 24 heavy (non-hydrogen) atoms. The zero-order valence-electron chi connectivity index (χ0n) is 14.1. The number of piperidine rings is 1. The lowest BCUT2D eigenvalue weighted by atomic mass is 9.98. The Bertz CT molecular complexity index is 641. The fraction of sp³-hybridized carbons (Fsp3) is 0.588. The quantitative estimate of drug-likeness (QED) is 0.706. The standard InChI is InChI=1S/C17H24N4OS2/c1-2-23-17-19-14(12-24-17)11-16(22)21-8-4-3-5-15(21)6-9-20-10-7-18-13-20/h7,10,12-13,15H,2-6,8-9,11H2,1H3/t15-/m0/s1. The van der Waals surface area contributed by atoms with E-state index in [2.05, 4.69) is 26.4 Å². The Morgan fingerprint density at radius 2 is 2.38 bits per heavy atom. The van der Waals surface area contributed by atoms with Crippen LogP contribution in [0.5, 0.6) is 0 Å². The fourth-order valence-corrected chi connectivity index (χ4v) is 4.90. The van der Waals surface area contributed by atoms with Crippen LogP contribution in [0.4, 0.5) is 0 Å². The largest absolute Gasteiger partial charge is 0.339 e. The van der Waals surface area contributed by atoms with Gasteiger partial charge in [-0.3, -0.25) is 4.79 Å². The van der Waals surface area contributed by atoms with E-state index in [1.807, 2.05) is 17.9 Å². The molecule has 130 valence electrons. The van der Waals surface area contributed by atoms with Crippen molar-refractivity contribution >= 4 is 29.0 Å². The van der Waals surface area contributed by atoms with E-state index in [0.29, 0.717) is 12.5 Å². The maximum atomic E-state index is 12.8. The minimum Gasteiger partial charge on any atom is -0.339 e. The van der Waals surface area contributed by atoms with Gasteiger partial charge in [-0.2, -0.15) is 0 Å². The third-order valence-corrected chi connectivity index (χ3v) is 6.31. The molecule has 1 aliphatic heterocycles. The van der Waals surface area contributed by atoms with Crippen LogP contribution in [0.1, 0.15) is 38.3 Å². The molecule has 0 spiro atoms. The average Bonchev–Trinajstić information content (AvgIpc) is 3.25. The number of likely N-dealkylation sites (tertiary alicyclic amines) is 1. The van der Waals surface area contributed by atoms with Crippen molar-refractivity contribution in [2.24, 2.45) is 0 Å². The molecular formula is C17H24N4OS2. The first-order chi connectivity index (χ1) is 11.8. The summed E-state index contributed by atoms with van der Waals surface area (Å²) in [6, 6.07) is 0.344. The van der Waals surface area contributed by atoms with Crippen LogP contribution in [-0.4, -0.2) is 43.7 Å². The lowest BCUT2D eigenvalue weighted by Gasteiger charge is -2.36. The summed E-state index contributed by atoms with van der Waals surface area (Å²) < 4.78 is 3.15. The summed E-state index contributed by atoms with van der Waals surface area (Å²) in [5, 5.41) is 2.03. The number of aromatic nitrogens is 3. The number of thioether (sulfide) groups is 1. The monoisotopic (exact) mass is 364 g/mol. The Hall–Kier alpha value is -1.34. The molecule has 0 saturated carbocycles. The molecule has 0 bridgehead atoms. The van der Waals surface area contributed by atoms with Crippen LogP contribution in [0.15, 0.2) is 28.4 Å². The fourth-order valence-electron chi connectivity index (χ4n) is 3.16. The number of aryl methyl sites for hydroxylation is 1. The zero-order valence-corrected chi connectivity index (χ0v) is 15.7. The molecule has 1 amide bonds. The number of thiazole rings is 1.